The number of methoxy groups -OCH3 is 1. The molecule has 3 N–H and O–H groups in total. The van der Waals surface area contributed by atoms with E-state index in [4.69, 9.17) is 10.5 Å². The van der Waals surface area contributed by atoms with Gasteiger partial charge in [0, 0.05) is 32.9 Å². The second kappa shape index (κ2) is 6.88. The van der Waals surface area contributed by atoms with Crippen molar-refractivity contribution in [3.05, 3.63) is 29.8 Å². The van der Waals surface area contributed by atoms with Crippen molar-refractivity contribution in [1.29, 1.82) is 0 Å². The van der Waals surface area contributed by atoms with Gasteiger partial charge in [0.15, 0.2) is 0 Å². The maximum Gasteiger partial charge on any atom is 0.321 e. The van der Waals surface area contributed by atoms with Crippen molar-refractivity contribution >= 4 is 11.7 Å². The zero-order valence-electron chi connectivity index (χ0n) is 10.3. The highest BCUT2D eigenvalue weighted by Gasteiger charge is 2.07. The van der Waals surface area contributed by atoms with Crippen LogP contribution in [0.5, 0.6) is 0 Å². The number of ether oxygens (including phenoxy) is 1. The van der Waals surface area contributed by atoms with Crippen LogP contribution >= 0.6 is 0 Å². The van der Waals surface area contributed by atoms with Gasteiger partial charge in [0.05, 0.1) is 6.61 Å². The lowest BCUT2D eigenvalue weighted by Gasteiger charge is -2.17. The summed E-state index contributed by atoms with van der Waals surface area (Å²) in [7, 11) is 3.33. The minimum atomic E-state index is -0.150. The minimum Gasteiger partial charge on any atom is -0.383 e. The predicted molar refractivity (Wildman–Crippen MR) is 67.9 cm³/mol. The minimum absolute atomic E-state index is 0.150. The van der Waals surface area contributed by atoms with E-state index in [9.17, 15) is 4.79 Å². The van der Waals surface area contributed by atoms with Gasteiger partial charge < -0.3 is 20.7 Å². The lowest BCUT2D eigenvalue weighted by atomic mass is 10.2. The quantitative estimate of drug-likeness (QED) is 0.810. The van der Waals surface area contributed by atoms with Gasteiger partial charge >= 0.3 is 6.03 Å². The Hall–Kier alpha value is -1.59. The van der Waals surface area contributed by atoms with Crippen LogP contribution in [0.15, 0.2) is 24.3 Å². The first kappa shape index (κ1) is 13.5. The van der Waals surface area contributed by atoms with Crippen molar-refractivity contribution in [3.63, 3.8) is 0 Å². The van der Waals surface area contributed by atoms with E-state index in [-0.39, 0.29) is 6.03 Å². The summed E-state index contributed by atoms with van der Waals surface area (Å²) in [6.07, 6.45) is 0. The van der Waals surface area contributed by atoms with Crippen molar-refractivity contribution < 1.29 is 9.53 Å². The van der Waals surface area contributed by atoms with Crippen LogP contribution in [0.1, 0.15) is 5.56 Å². The molecule has 2 amide bonds. The number of anilines is 1. The predicted octanol–water partition coefficient (Wildman–Crippen LogP) is 1.26. The Morgan fingerprint density at radius 1 is 1.41 bits per heavy atom. The topological polar surface area (TPSA) is 67.6 Å². The van der Waals surface area contributed by atoms with Crippen molar-refractivity contribution in [2.24, 2.45) is 5.73 Å². The fourth-order valence-corrected chi connectivity index (χ4v) is 1.27. The molecule has 1 aromatic rings. The molecule has 0 aliphatic heterocycles. The van der Waals surface area contributed by atoms with Gasteiger partial charge in [0.1, 0.15) is 0 Å². The number of urea groups is 1. The number of likely N-dealkylation sites (N-methyl/N-ethyl adjacent to an activating group) is 1. The monoisotopic (exact) mass is 237 g/mol. The number of nitrogens with one attached hydrogen (secondary N) is 1. The van der Waals surface area contributed by atoms with Crippen molar-refractivity contribution in [2.45, 2.75) is 6.54 Å². The van der Waals surface area contributed by atoms with E-state index >= 15 is 0 Å². The van der Waals surface area contributed by atoms with E-state index in [1.54, 1.807) is 19.1 Å². The number of hydrogen-bond donors (Lipinski definition) is 2. The lowest BCUT2D eigenvalue weighted by Crippen LogP contribution is -2.33. The highest BCUT2D eigenvalue weighted by atomic mass is 16.5. The number of carbonyl (C=O) groups excluding carboxylic acids is 1. The maximum absolute atomic E-state index is 11.7. The average molecular weight is 237 g/mol. The average Bonchev–Trinajstić information content (AvgIpc) is 2.36. The summed E-state index contributed by atoms with van der Waals surface area (Å²) >= 11 is 0. The zero-order chi connectivity index (χ0) is 12.7. The first-order valence-electron chi connectivity index (χ1n) is 5.47. The summed E-state index contributed by atoms with van der Waals surface area (Å²) in [5, 5.41) is 2.79. The van der Waals surface area contributed by atoms with Crippen LogP contribution in [0, 0.1) is 0 Å². The summed E-state index contributed by atoms with van der Waals surface area (Å²) < 4.78 is 4.91. The number of amides is 2. The van der Waals surface area contributed by atoms with E-state index in [1.807, 2.05) is 24.3 Å². The molecule has 0 spiro atoms. The molecule has 94 valence electrons. The van der Waals surface area contributed by atoms with Crippen molar-refractivity contribution in [3.8, 4) is 0 Å². The van der Waals surface area contributed by atoms with E-state index in [0.717, 1.165) is 11.3 Å². The van der Waals surface area contributed by atoms with Crippen molar-refractivity contribution in [1.82, 2.24) is 4.90 Å². The number of nitrogens with zero attached hydrogens (tertiary/aromatic N) is 1. The SMILES string of the molecule is COCCN(C)C(=O)Nc1ccc(CN)cc1. The summed E-state index contributed by atoms with van der Waals surface area (Å²) in [6, 6.07) is 7.31. The lowest BCUT2D eigenvalue weighted by molar-refractivity contribution is 0.165. The molecule has 0 radical (unpaired) electrons. The highest BCUT2D eigenvalue weighted by molar-refractivity contribution is 5.89. The van der Waals surface area contributed by atoms with E-state index in [1.165, 1.54) is 0 Å². The van der Waals surface area contributed by atoms with Gasteiger partial charge in [0.25, 0.3) is 0 Å². The summed E-state index contributed by atoms with van der Waals surface area (Å²) in [5.74, 6) is 0. The molecule has 0 saturated carbocycles. The summed E-state index contributed by atoms with van der Waals surface area (Å²) in [5.41, 5.74) is 7.29. The van der Waals surface area contributed by atoms with Crippen LogP contribution in [0.25, 0.3) is 0 Å². The molecule has 0 bridgehead atoms. The van der Waals surface area contributed by atoms with E-state index in [2.05, 4.69) is 5.32 Å². The van der Waals surface area contributed by atoms with Gasteiger partial charge in [-0.1, -0.05) is 12.1 Å². The smallest absolute Gasteiger partial charge is 0.321 e. The van der Waals surface area contributed by atoms with Gasteiger partial charge in [-0.25, -0.2) is 4.79 Å². The summed E-state index contributed by atoms with van der Waals surface area (Å²) in [6.45, 7) is 1.58. The second-order valence-electron chi connectivity index (χ2n) is 3.75. The van der Waals surface area contributed by atoms with Gasteiger partial charge in [-0.05, 0) is 17.7 Å². The van der Waals surface area contributed by atoms with Crippen LogP contribution < -0.4 is 11.1 Å². The summed E-state index contributed by atoms with van der Waals surface area (Å²) in [4.78, 5) is 13.3. The Balaban J connectivity index is 2.49. The Morgan fingerprint density at radius 2 is 2.06 bits per heavy atom. The molecule has 0 aliphatic rings. The van der Waals surface area contributed by atoms with Crippen LogP contribution in [0.3, 0.4) is 0 Å². The van der Waals surface area contributed by atoms with E-state index < -0.39 is 0 Å². The molecule has 0 heterocycles. The molecule has 1 rings (SSSR count). The molecule has 0 saturated heterocycles. The molecule has 17 heavy (non-hydrogen) atoms. The number of nitrogens with two attached hydrogens (primary N) is 1. The van der Waals surface area contributed by atoms with Gasteiger partial charge in [-0.3, -0.25) is 0 Å². The third-order valence-corrected chi connectivity index (χ3v) is 2.42. The molecule has 0 unspecified atom stereocenters. The fourth-order valence-electron chi connectivity index (χ4n) is 1.27. The zero-order valence-corrected chi connectivity index (χ0v) is 10.3. The van der Waals surface area contributed by atoms with Gasteiger partial charge in [0.2, 0.25) is 0 Å². The number of rotatable bonds is 5. The Labute approximate surface area is 102 Å². The third kappa shape index (κ3) is 4.42. The van der Waals surface area contributed by atoms with Crippen LogP contribution in [0.2, 0.25) is 0 Å². The van der Waals surface area contributed by atoms with Crippen LogP contribution in [-0.4, -0.2) is 38.2 Å². The maximum atomic E-state index is 11.7. The molecule has 0 aliphatic carbocycles. The number of benzene rings is 1. The Morgan fingerprint density at radius 3 is 2.59 bits per heavy atom. The molecular formula is C12H19N3O2. The Bertz CT molecular complexity index is 351. The molecule has 0 aromatic heterocycles. The standard InChI is InChI=1S/C12H19N3O2/c1-15(7-8-17-2)12(16)14-11-5-3-10(9-13)4-6-11/h3-6H,7-9,13H2,1-2H3,(H,14,16). The third-order valence-electron chi connectivity index (χ3n) is 2.42. The Kier molecular flexibility index (Phi) is 5.45. The fraction of sp³-hybridized carbons (Fsp3) is 0.417. The number of hydrogen-bond acceptors (Lipinski definition) is 3. The molecule has 1 aromatic carbocycles. The van der Waals surface area contributed by atoms with Crippen LogP contribution in [-0.2, 0) is 11.3 Å². The van der Waals surface area contributed by atoms with Crippen molar-refractivity contribution in [2.75, 3.05) is 32.6 Å². The van der Waals surface area contributed by atoms with E-state index in [0.29, 0.717) is 19.7 Å². The first-order chi connectivity index (χ1) is 8.17. The second-order valence-corrected chi connectivity index (χ2v) is 3.75. The largest absolute Gasteiger partial charge is 0.383 e. The van der Waals surface area contributed by atoms with Crippen LogP contribution in [0.4, 0.5) is 10.5 Å². The number of carbonyl (C=O) groups is 1. The first-order valence-corrected chi connectivity index (χ1v) is 5.47. The molecular weight excluding hydrogens is 218 g/mol. The van der Waals surface area contributed by atoms with Gasteiger partial charge in [-0.2, -0.15) is 0 Å². The normalized spacial score (nSPS) is 10.1. The molecule has 0 atom stereocenters. The molecule has 0 fully saturated rings. The molecule has 5 nitrogen and oxygen atoms in total. The molecule has 5 heteroatoms. The highest BCUT2D eigenvalue weighted by Crippen LogP contribution is 2.09. The van der Waals surface area contributed by atoms with Gasteiger partial charge in [-0.15, -0.1) is 0 Å².